The van der Waals surface area contributed by atoms with Crippen LogP contribution in [0.4, 0.5) is 5.69 Å². The summed E-state index contributed by atoms with van der Waals surface area (Å²) in [5.74, 6) is -0.0226. The van der Waals surface area contributed by atoms with Gasteiger partial charge in [-0.1, -0.05) is 36.4 Å². The number of carboxylic acids is 1. The summed E-state index contributed by atoms with van der Waals surface area (Å²) in [6, 6.07) is 23.9. The Balaban J connectivity index is 1.41. The number of rotatable bonds is 6. The molecule has 0 unspecified atom stereocenters. The van der Waals surface area contributed by atoms with Crippen LogP contribution in [0.5, 0.6) is 5.75 Å². The Bertz CT molecular complexity index is 992. The Morgan fingerprint density at radius 2 is 1.57 bits per heavy atom. The van der Waals surface area contributed by atoms with Crippen molar-refractivity contribution in [2.75, 3.05) is 38.2 Å². The van der Waals surface area contributed by atoms with Crippen molar-refractivity contribution in [3.05, 3.63) is 83.9 Å². The Labute approximate surface area is 177 Å². The van der Waals surface area contributed by atoms with E-state index in [0.29, 0.717) is 5.56 Å². The van der Waals surface area contributed by atoms with Gasteiger partial charge in [-0.2, -0.15) is 0 Å². The molecule has 0 bridgehead atoms. The van der Waals surface area contributed by atoms with Crippen LogP contribution in [0.2, 0.25) is 0 Å². The zero-order chi connectivity index (χ0) is 20.9. The Morgan fingerprint density at radius 3 is 2.20 bits per heavy atom. The first-order chi connectivity index (χ1) is 14.6. The summed E-state index contributed by atoms with van der Waals surface area (Å²) in [5.41, 5.74) is 5.18. The molecule has 5 heteroatoms. The van der Waals surface area contributed by atoms with Crippen molar-refractivity contribution < 1.29 is 14.6 Å². The molecule has 0 spiro atoms. The first kappa shape index (κ1) is 20.0. The number of carbonyl (C=O) groups is 1. The maximum atomic E-state index is 11.0. The molecule has 154 valence electrons. The molecule has 1 aliphatic heterocycles. The van der Waals surface area contributed by atoms with Crippen LogP contribution in [0.25, 0.3) is 11.1 Å². The second kappa shape index (κ2) is 9.01. The zero-order valence-corrected chi connectivity index (χ0v) is 17.1. The zero-order valence-electron chi connectivity index (χ0n) is 17.1. The number of hydrogen-bond donors (Lipinski definition) is 1. The molecule has 4 rings (SSSR count). The van der Waals surface area contributed by atoms with Crippen LogP contribution in [-0.2, 0) is 6.54 Å². The monoisotopic (exact) mass is 402 g/mol. The maximum absolute atomic E-state index is 11.0. The second-order valence-corrected chi connectivity index (χ2v) is 7.50. The van der Waals surface area contributed by atoms with Gasteiger partial charge in [-0.05, 0) is 53.1 Å². The summed E-state index contributed by atoms with van der Waals surface area (Å²) in [4.78, 5) is 15.8. The molecule has 1 fully saturated rings. The third-order valence-corrected chi connectivity index (χ3v) is 5.66. The highest BCUT2D eigenvalue weighted by atomic mass is 16.5. The van der Waals surface area contributed by atoms with Crippen LogP contribution in [0.3, 0.4) is 0 Å². The summed E-state index contributed by atoms with van der Waals surface area (Å²) >= 11 is 0. The van der Waals surface area contributed by atoms with Gasteiger partial charge in [-0.15, -0.1) is 0 Å². The number of carboxylic acid groups (broad SMARTS) is 1. The van der Waals surface area contributed by atoms with E-state index in [1.54, 1.807) is 19.2 Å². The number of methoxy groups -OCH3 is 1. The van der Waals surface area contributed by atoms with Crippen molar-refractivity contribution in [1.82, 2.24) is 4.90 Å². The molecule has 0 radical (unpaired) electrons. The standard InChI is InChI=1S/C25H26N2O3/c1-30-23-12-8-19(9-13-23)24-5-3-2-4-21(24)18-26-14-16-27(17-15-26)22-10-6-20(7-11-22)25(28)29/h2-13H,14-18H2,1H3,(H,28,29). The molecule has 0 saturated carbocycles. The summed E-state index contributed by atoms with van der Waals surface area (Å²) in [6.45, 7) is 4.71. The highest BCUT2D eigenvalue weighted by Crippen LogP contribution is 2.27. The quantitative estimate of drug-likeness (QED) is 0.663. The molecular formula is C25H26N2O3. The Morgan fingerprint density at radius 1 is 0.900 bits per heavy atom. The SMILES string of the molecule is COc1ccc(-c2ccccc2CN2CCN(c3ccc(C(=O)O)cc3)CC2)cc1. The summed E-state index contributed by atoms with van der Waals surface area (Å²) in [7, 11) is 1.68. The number of hydrogen-bond acceptors (Lipinski definition) is 4. The van der Waals surface area contributed by atoms with Gasteiger partial charge in [-0.3, -0.25) is 4.90 Å². The van der Waals surface area contributed by atoms with Crippen LogP contribution in [0.15, 0.2) is 72.8 Å². The number of anilines is 1. The molecule has 30 heavy (non-hydrogen) atoms. The number of nitrogens with zero attached hydrogens (tertiary/aromatic N) is 2. The van der Waals surface area contributed by atoms with Crippen molar-refractivity contribution in [2.45, 2.75) is 6.54 Å². The highest BCUT2D eigenvalue weighted by Gasteiger charge is 2.19. The lowest BCUT2D eigenvalue weighted by atomic mass is 9.99. The van der Waals surface area contributed by atoms with E-state index in [1.165, 1.54) is 16.7 Å². The van der Waals surface area contributed by atoms with Crippen molar-refractivity contribution in [3.63, 3.8) is 0 Å². The van der Waals surface area contributed by atoms with Gasteiger partial charge < -0.3 is 14.7 Å². The van der Waals surface area contributed by atoms with Gasteiger partial charge >= 0.3 is 5.97 Å². The molecule has 3 aromatic rings. The van der Waals surface area contributed by atoms with Crippen LogP contribution in [0.1, 0.15) is 15.9 Å². The minimum atomic E-state index is -0.887. The summed E-state index contributed by atoms with van der Waals surface area (Å²) in [5, 5.41) is 9.07. The molecule has 0 aromatic heterocycles. The molecule has 5 nitrogen and oxygen atoms in total. The molecule has 0 amide bonds. The Hall–Kier alpha value is -3.31. The van der Waals surface area contributed by atoms with Crippen molar-refractivity contribution >= 4 is 11.7 Å². The van der Waals surface area contributed by atoms with Gasteiger partial charge in [0, 0.05) is 38.4 Å². The van der Waals surface area contributed by atoms with E-state index in [0.717, 1.165) is 44.2 Å². The number of benzene rings is 3. The topological polar surface area (TPSA) is 53.0 Å². The summed E-state index contributed by atoms with van der Waals surface area (Å²) in [6.07, 6.45) is 0. The fraction of sp³-hybridized carbons (Fsp3) is 0.240. The lowest BCUT2D eigenvalue weighted by Gasteiger charge is -2.36. The molecule has 0 atom stereocenters. The normalized spacial score (nSPS) is 14.5. The van der Waals surface area contributed by atoms with Crippen LogP contribution < -0.4 is 9.64 Å². The highest BCUT2D eigenvalue weighted by molar-refractivity contribution is 5.88. The third kappa shape index (κ3) is 4.47. The minimum absolute atomic E-state index is 0.326. The molecule has 3 aromatic carbocycles. The van der Waals surface area contributed by atoms with Crippen LogP contribution >= 0.6 is 0 Å². The third-order valence-electron chi connectivity index (χ3n) is 5.66. The Kier molecular flexibility index (Phi) is 6.00. The molecule has 1 saturated heterocycles. The first-order valence-corrected chi connectivity index (χ1v) is 10.2. The number of aromatic carboxylic acids is 1. The van der Waals surface area contributed by atoms with Gasteiger partial charge in [0.1, 0.15) is 5.75 Å². The fourth-order valence-electron chi connectivity index (χ4n) is 3.93. The molecular weight excluding hydrogens is 376 g/mol. The van der Waals surface area contributed by atoms with Crippen LogP contribution in [0, 0.1) is 0 Å². The average Bonchev–Trinajstić information content (AvgIpc) is 2.80. The van der Waals surface area contributed by atoms with E-state index in [9.17, 15) is 4.79 Å². The van der Waals surface area contributed by atoms with Crippen molar-refractivity contribution in [2.24, 2.45) is 0 Å². The van der Waals surface area contributed by atoms with Gasteiger partial charge in [0.05, 0.1) is 12.7 Å². The largest absolute Gasteiger partial charge is 0.497 e. The number of ether oxygens (including phenoxy) is 1. The van der Waals surface area contributed by atoms with Crippen LogP contribution in [-0.4, -0.2) is 49.3 Å². The molecule has 1 heterocycles. The number of piperazine rings is 1. The molecule has 1 N–H and O–H groups in total. The lowest BCUT2D eigenvalue weighted by Crippen LogP contribution is -2.46. The van der Waals surface area contributed by atoms with E-state index in [-0.39, 0.29) is 0 Å². The van der Waals surface area contributed by atoms with Gasteiger partial charge in [0.2, 0.25) is 0 Å². The average molecular weight is 402 g/mol. The maximum Gasteiger partial charge on any atom is 0.335 e. The first-order valence-electron chi connectivity index (χ1n) is 10.2. The van der Waals surface area contributed by atoms with E-state index in [1.807, 2.05) is 24.3 Å². The van der Waals surface area contributed by atoms with Gasteiger partial charge in [0.25, 0.3) is 0 Å². The van der Waals surface area contributed by atoms with Gasteiger partial charge in [-0.25, -0.2) is 4.79 Å². The van der Waals surface area contributed by atoms with Crippen molar-refractivity contribution in [1.29, 1.82) is 0 Å². The second-order valence-electron chi connectivity index (χ2n) is 7.50. The van der Waals surface area contributed by atoms with Gasteiger partial charge in [0.15, 0.2) is 0 Å². The lowest BCUT2D eigenvalue weighted by molar-refractivity contribution is 0.0697. The fourth-order valence-corrected chi connectivity index (χ4v) is 3.93. The predicted octanol–water partition coefficient (Wildman–Crippen LogP) is 4.38. The van der Waals surface area contributed by atoms with E-state index >= 15 is 0 Å². The summed E-state index contributed by atoms with van der Waals surface area (Å²) < 4.78 is 5.28. The van der Waals surface area contributed by atoms with Crippen molar-refractivity contribution in [3.8, 4) is 16.9 Å². The van der Waals surface area contributed by atoms with E-state index < -0.39 is 5.97 Å². The van der Waals surface area contributed by atoms with E-state index in [2.05, 4.69) is 46.2 Å². The minimum Gasteiger partial charge on any atom is -0.497 e. The van der Waals surface area contributed by atoms with E-state index in [4.69, 9.17) is 9.84 Å². The molecule has 0 aliphatic carbocycles. The predicted molar refractivity (Wildman–Crippen MR) is 119 cm³/mol. The smallest absolute Gasteiger partial charge is 0.335 e. The molecule has 1 aliphatic rings.